The molecule has 0 unspecified atom stereocenters. The number of nitrogens with one attached hydrogen (secondary N) is 1. The molecule has 1 rings (SSSR count). The second kappa shape index (κ2) is 8.13. The van der Waals surface area contributed by atoms with E-state index in [1.165, 1.54) is 11.4 Å². The summed E-state index contributed by atoms with van der Waals surface area (Å²) in [6.45, 7) is 2.81. The monoisotopic (exact) mass is 340 g/mol. The summed E-state index contributed by atoms with van der Waals surface area (Å²) in [4.78, 5) is 13.5. The van der Waals surface area contributed by atoms with Gasteiger partial charge in [-0.2, -0.15) is 13.2 Å². The standard InChI is InChI=1S/C11H15F3N4O5/c1-2-3-22-9-6(17-10(21)11(12,13)14)8(20)7(19)5(23-9)4-16-18-15/h2,5-9,19-20H,1,3-4H2,(H,17,21)/t5-,6-,7+,8-,9+/m1/s1. The number of aliphatic hydroxyl groups excluding tert-OH is 2. The third-order valence-electron chi connectivity index (χ3n) is 2.96. The highest BCUT2D eigenvalue weighted by atomic mass is 19.4. The number of nitrogens with zero attached hydrogens (tertiary/aromatic N) is 3. The van der Waals surface area contributed by atoms with Gasteiger partial charge in [0, 0.05) is 4.91 Å². The number of alkyl halides is 3. The molecule has 0 aliphatic carbocycles. The van der Waals surface area contributed by atoms with E-state index in [0.29, 0.717) is 0 Å². The van der Waals surface area contributed by atoms with Gasteiger partial charge >= 0.3 is 12.1 Å². The Balaban J connectivity index is 2.93. The van der Waals surface area contributed by atoms with E-state index in [9.17, 15) is 28.2 Å². The van der Waals surface area contributed by atoms with Crippen LogP contribution in [0.25, 0.3) is 10.4 Å². The molecule has 5 atom stereocenters. The van der Waals surface area contributed by atoms with Crippen molar-refractivity contribution in [2.75, 3.05) is 13.2 Å². The number of carbonyl (C=O) groups is 1. The lowest BCUT2D eigenvalue weighted by Gasteiger charge is -2.42. The number of hydrogen-bond donors (Lipinski definition) is 3. The quantitative estimate of drug-likeness (QED) is 0.270. The summed E-state index contributed by atoms with van der Waals surface area (Å²) in [5, 5.41) is 24.4. The number of ether oxygens (including phenoxy) is 2. The molecule has 23 heavy (non-hydrogen) atoms. The lowest BCUT2D eigenvalue weighted by atomic mass is 9.96. The van der Waals surface area contributed by atoms with Crippen molar-refractivity contribution in [3.8, 4) is 0 Å². The average Bonchev–Trinajstić information content (AvgIpc) is 2.48. The number of rotatable bonds is 6. The van der Waals surface area contributed by atoms with E-state index in [4.69, 9.17) is 15.0 Å². The van der Waals surface area contributed by atoms with Crippen molar-refractivity contribution in [1.82, 2.24) is 5.32 Å². The van der Waals surface area contributed by atoms with Crippen LogP contribution in [0.3, 0.4) is 0 Å². The van der Waals surface area contributed by atoms with E-state index in [-0.39, 0.29) is 13.2 Å². The highest BCUT2D eigenvalue weighted by molar-refractivity contribution is 5.82. The van der Waals surface area contributed by atoms with Crippen LogP contribution < -0.4 is 5.32 Å². The molecule has 9 nitrogen and oxygen atoms in total. The number of azide groups is 1. The van der Waals surface area contributed by atoms with Gasteiger partial charge in [0.15, 0.2) is 6.29 Å². The van der Waals surface area contributed by atoms with Gasteiger partial charge < -0.3 is 25.0 Å². The van der Waals surface area contributed by atoms with Crippen LogP contribution in [-0.2, 0) is 14.3 Å². The summed E-state index contributed by atoms with van der Waals surface area (Å²) in [6, 6.07) is -1.68. The minimum Gasteiger partial charge on any atom is -0.388 e. The predicted molar refractivity (Wildman–Crippen MR) is 68.8 cm³/mol. The van der Waals surface area contributed by atoms with Gasteiger partial charge in [-0.1, -0.05) is 11.2 Å². The molecule has 1 saturated heterocycles. The molecule has 1 aliphatic rings. The maximum absolute atomic E-state index is 12.3. The Hall–Kier alpha value is -1.85. The van der Waals surface area contributed by atoms with Crippen LogP contribution in [-0.4, -0.2) is 66.1 Å². The summed E-state index contributed by atoms with van der Waals surface area (Å²) in [7, 11) is 0. The van der Waals surface area contributed by atoms with Crippen LogP contribution in [0.4, 0.5) is 13.2 Å². The number of hydrogen-bond acceptors (Lipinski definition) is 6. The van der Waals surface area contributed by atoms with Gasteiger partial charge in [-0.05, 0) is 5.53 Å². The van der Waals surface area contributed by atoms with Gasteiger partial charge in [0.25, 0.3) is 0 Å². The van der Waals surface area contributed by atoms with Gasteiger partial charge in [0.2, 0.25) is 0 Å². The molecule has 0 aromatic rings. The third-order valence-corrected chi connectivity index (χ3v) is 2.96. The molecule has 0 radical (unpaired) electrons. The van der Waals surface area contributed by atoms with Crippen molar-refractivity contribution < 1.29 is 37.7 Å². The molecular weight excluding hydrogens is 325 g/mol. The predicted octanol–water partition coefficient (Wildman–Crippen LogP) is -0.00690. The van der Waals surface area contributed by atoms with Crippen LogP contribution in [0, 0.1) is 0 Å². The molecule has 1 aliphatic heterocycles. The molecule has 1 heterocycles. The molecule has 0 bridgehead atoms. The second-order valence-corrected chi connectivity index (χ2v) is 4.56. The lowest BCUT2D eigenvalue weighted by molar-refractivity contribution is -0.260. The lowest BCUT2D eigenvalue weighted by Crippen LogP contribution is -2.65. The van der Waals surface area contributed by atoms with E-state index in [0.717, 1.165) is 0 Å². The first-order valence-corrected chi connectivity index (χ1v) is 6.35. The molecule has 1 amide bonds. The topological polar surface area (TPSA) is 137 Å². The summed E-state index contributed by atoms with van der Waals surface area (Å²) in [6.07, 6.45) is -10.2. The van der Waals surface area contributed by atoms with Crippen molar-refractivity contribution in [3.05, 3.63) is 23.1 Å². The van der Waals surface area contributed by atoms with E-state index in [2.05, 4.69) is 16.6 Å². The molecule has 12 heteroatoms. The second-order valence-electron chi connectivity index (χ2n) is 4.56. The van der Waals surface area contributed by atoms with Crippen LogP contribution in [0.15, 0.2) is 17.8 Å². The van der Waals surface area contributed by atoms with E-state index in [1.807, 2.05) is 0 Å². The molecule has 1 fully saturated rings. The smallest absolute Gasteiger partial charge is 0.388 e. The maximum Gasteiger partial charge on any atom is 0.471 e. The Morgan fingerprint density at radius 1 is 1.48 bits per heavy atom. The number of carbonyl (C=O) groups excluding carboxylic acids is 1. The maximum atomic E-state index is 12.3. The fraction of sp³-hybridized carbons (Fsp3) is 0.727. The zero-order chi connectivity index (χ0) is 17.6. The molecule has 0 spiro atoms. The normalized spacial score (nSPS) is 31.1. The van der Waals surface area contributed by atoms with Crippen LogP contribution in [0.2, 0.25) is 0 Å². The highest BCUT2D eigenvalue weighted by Gasteiger charge is 2.49. The molecule has 0 saturated carbocycles. The van der Waals surface area contributed by atoms with Gasteiger partial charge in [0.1, 0.15) is 18.2 Å². The minimum atomic E-state index is -5.18. The molecule has 0 aromatic heterocycles. The molecule has 130 valence electrons. The van der Waals surface area contributed by atoms with Crippen LogP contribution in [0.1, 0.15) is 0 Å². The number of amides is 1. The van der Waals surface area contributed by atoms with Crippen molar-refractivity contribution in [2.45, 2.75) is 36.8 Å². The number of halogens is 3. The summed E-state index contributed by atoms with van der Waals surface area (Å²) < 4.78 is 47.3. The first-order chi connectivity index (χ1) is 10.7. The van der Waals surface area contributed by atoms with Crippen molar-refractivity contribution >= 4 is 5.91 Å². The Bertz CT molecular complexity index is 483. The van der Waals surface area contributed by atoms with E-state index in [1.54, 1.807) is 0 Å². The first-order valence-electron chi connectivity index (χ1n) is 6.35. The zero-order valence-electron chi connectivity index (χ0n) is 11.7. The summed E-state index contributed by atoms with van der Waals surface area (Å²) in [5.41, 5.74) is 8.25. The SMILES string of the molecule is C=CCO[C@H]1O[C@H](CN=[N+]=[N-])[C@H](O)[C@H](O)[C@H]1NC(=O)C(F)(F)F. The van der Waals surface area contributed by atoms with Gasteiger partial charge in [-0.25, -0.2) is 0 Å². The van der Waals surface area contributed by atoms with Crippen molar-refractivity contribution in [1.29, 1.82) is 0 Å². The van der Waals surface area contributed by atoms with Crippen LogP contribution in [0.5, 0.6) is 0 Å². The first kappa shape index (κ1) is 19.2. The van der Waals surface area contributed by atoms with Gasteiger partial charge in [-0.3, -0.25) is 4.79 Å². The average molecular weight is 340 g/mol. The van der Waals surface area contributed by atoms with Crippen molar-refractivity contribution in [3.63, 3.8) is 0 Å². The fourth-order valence-electron chi connectivity index (χ4n) is 1.89. The largest absolute Gasteiger partial charge is 0.471 e. The summed E-state index contributed by atoms with van der Waals surface area (Å²) in [5.74, 6) is -2.32. The zero-order valence-corrected chi connectivity index (χ0v) is 11.7. The molecular formula is C11H15F3N4O5. The van der Waals surface area contributed by atoms with E-state index >= 15 is 0 Å². The molecule has 3 N–H and O–H groups in total. The minimum absolute atomic E-state index is 0.153. The van der Waals surface area contributed by atoms with E-state index < -0.39 is 42.7 Å². The molecule has 0 aromatic carbocycles. The van der Waals surface area contributed by atoms with Gasteiger partial charge in [0.05, 0.1) is 19.3 Å². The Morgan fingerprint density at radius 2 is 2.13 bits per heavy atom. The summed E-state index contributed by atoms with van der Waals surface area (Å²) >= 11 is 0. The van der Waals surface area contributed by atoms with Crippen LogP contribution >= 0.6 is 0 Å². The van der Waals surface area contributed by atoms with Gasteiger partial charge in [-0.15, -0.1) is 6.58 Å². The highest BCUT2D eigenvalue weighted by Crippen LogP contribution is 2.24. The Kier molecular flexibility index (Phi) is 6.79. The van der Waals surface area contributed by atoms with Crippen molar-refractivity contribution in [2.24, 2.45) is 5.11 Å². The Morgan fingerprint density at radius 3 is 2.65 bits per heavy atom. The number of aliphatic hydroxyl groups is 2. The Labute approximate surface area is 128 Å². The third kappa shape index (κ3) is 5.08. The fourth-order valence-corrected chi connectivity index (χ4v) is 1.89.